The third-order valence-electron chi connectivity index (χ3n) is 2.01. The molecule has 1 aromatic rings. The Morgan fingerprint density at radius 1 is 1.31 bits per heavy atom. The average molecular weight is 227 g/mol. The Morgan fingerprint density at radius 2 is 2.00 bits per heavy atom. The standard InChI is InChI=1S/C11H21N3O2/c1-7(2)5-10-13-11(14-16-10)9(12)6-15-8(3)4/h7-9H,5-6,12H2,1-4H3. The lowest BCUT2D eigenvalue weighted by Gasteiger charge is -2.10. The van der Waals surface area contributed by atoms with Crippen LogP contribution >= 0.6 is 0 Å². The molecule has 0 aliphatic rings. The molecule has 0 aromatic carbocycles. The number of nitrogens with two attached hydrogens (primary N) is 1. The summed E-state index contributed by atoms with van der Waals surface area (Å²) >= 11 is 0. The van der Waals surface area contributed by atoms with E-state index in [0.29, 0.717) is 24.2 Å². The van der Waals surface area contributed by atoms with Crippen LogP contribution < -0.4 is 5.73 Å². The smallest absolute Gasteiger partial charge is 0.226 e. The monoisotopic (exact) mass is 227 g/mol. The molecule has 0 saturated carbocycles. The van der Waals surface area contributed by atoms with Gasteiger partial charge in [0, 0.05) is 6.42 Å². The fourth-order valence-corrected chi connectivity index (χ4v) is 1.22. The molecular formula is C11H21N3O2. The van der Waals surface area contributed by atoms with Gasteiger partial charge in [-0.1, -0.05) is 19.0 Å². The Balaban J connectivity index is 2.49. The highest BCUT2D eigenvalue weighted by Crippen LogP contribution is 2.10. The molecule has 2 N–H and O–H groups in total. The van der Waals surface area contributed by atoms with Crippen molar-refractivity contribution >= 4 is 0 Å². The van der Waals surface area contributed by atoms with E-state index in [0.717, 1.165) is 6.42 Å². The Morgan fingerprint density at radius 3 is 2.56 bits per heavy atom. The fourth-order valence-electron chi connectivity index (χ4n) is 1.22. The van der Waals surface area contributed by atoms with E-state index in [1.54, 1.807) is 0 Å². The van der Waals surface area contributed by atoms with E-state index in [1.165, 1.54) is 0 Å². The van der Waals surface area contributed by atoms with Crippen molar-refractivity contribution < 1.29 is 9.26 Å². The van der Waals surface area contributed by atoms with E-state index in [4.69, 9.17) is 15.0 Å². The van der Waals surface area contributed by atoms with Gasteiger partial charge in [0.05, 0.1) is 18.8 Å². The van der Waals surface area contributed by atoms with Crippen molar-refractivity contribution in [3.63, 3.8) is 0 Å². The van der Waals surface area contributed by atoms with E-state index in [1.807, 2.05) is 13.8 Å². The highest BCUT2D eigenvalue weighted by molar-refractivity contribution is 4.93. The molecule has 1 rings (SSSR count). The first-order valence-electron chi connectivity index (χ1n) is 5.68. The molecule has 0 saturated heterocycles. The molecule has 0 amide bonds. The average Bonchev–Trinajstić information content (AvgIpc) is 2.61. The molecule has 0 aliphatic carbocycles. The molecule has 92 valence electrons. The number of ether oxygens (including phenoxy) is 1. The van der Waals surface area contributed by atoms with Crippen molar-refractivity contribution in [3.05, 3.63) is 11.7 Å². The fraction of sp³-hybridized carbons (Fsp3) is 0.818. The van der Waals surface area contributed by atoms with Crippen molar-refractivity contribution in [2.75, 3.05) is 6.61 Å². The minimum absolute atomic E-state index is 0.160. The van der Waals surface area contributed by atoms with Crippen molar-refractivity contribution in [1.82, 2.24) is 10.1 Å². The summed E-state index contributed by atoms with van der Waals surface area (Å²) in [5, 5.41) is 3.86. The van der Waals surface area contributed by atoms with E-state index < -0.39 is 0 Å². The number of hydrogen-bond donors (Lipinski definition) is 1. The van der Waals surface area contributed by atoms with Gasteiger partial charge in [-0.3, -0.25) is 0 Å². The van der Waals surface area contributed by atoms with Gasteiger partial charge >= 0.3 is 0 Å². The Hall–Kier alpha value is -0.940. The second-order valence-electron chi connectivity index (χ2n) is 4.63. The van der Waals surface area contributed by atoms with Gasteiger partial charge in [0.25, 0.3) is 0 Å². The minimum atomic E-state index is -0.313. The normalized spacial score (nSPS) is 13.7. The maximum Gasteiger partial charge on any atom is 0.226 e. The molecule has 5 heteroatoms. The van der Waals surface area contributed by atoms with Gasteiger partial charge in [0.1, 0.15) is 0 Å². The lowest BCUT2D eigenvalue weighted by atomic mass is 10.1. The summed E-state index contributed by atoms with van der Waals surface area (Å²) in [6.07, 6.45) is 0.943. The van der Waals surface area contributed by atoms with Gasteiger partial charge in [0.2, 0.25) is 5.89 Å². The lowest BCUT2D eigenvalue weighted by Crippen LogP contribution is -2.20. The van der Waals surface area contributed by atoms with Crippen LogP contribution in [0.2, 0.25) is 0 Å². The van der Waals surface area contributed by atoms with Crippen LogP contribution in [0, 0.1) is 5.92 Å². The highest BCUT2D eigenvalue weighted by Gasteiger charge is 2.15. The molecule has 1 unspecified atom stereocenters. The topological polar surface area (TPSA) is 74.2 Å². The summed E-state index contributed by atoms with van der Waals surface area (Å²) < 4.78 is 10.5. The SMILES string of the molecule is CC(C)Cc1nc(C(N)COC(C)C)no1. The van der Waals surface area contributed by atoms with E-state index in [9.17, 15) is 0 Å². The summed E-state index contributed by atoms with van der Waals surface area (Å²) in [4.78, 5) is 4.25. The summed E-state index contributed by atoms with van der Waals surface area (Å²) in [6.45, 7) is 8.55. The molecule has 0 aliphatic heterocycles. The van der Waals surface area contributed by atoms with Crippen molar-refractivity contribution in [1.29, 1.82) is 0 Å². The summed E-state index contributed by atoms with van der Waals surface area (Å²) in [5.41, 5.74) is 5.88. The van der Waals surface area contributed by atoms with Gasteiger partial charge in [-0.05, 0) is 19.8 Å². The predicted octanol–water partition coefficient (Wildman–Crippen LogP) is 1.69. The van der Waals surface area contributed by atoms with Gasteiger partial charge in [0.15, 0.2) is 5.82 Å². The zero-order valence-electron chi connectivity index (χ0n) is 10.4. The molecule has 0 spiro atoms. The van der Waals surface area contributed by atoms with Gasteiger partial charge in [-0.25, -0.2) is 0 Å². The molecule has 0 fully saturated rings. The van der Waals surface area contributed by atoms with E-state index >= 15 is 0 Å². The van der Waals surface area contributed by atoms with Gasteiger partial charge in [-0.2, -0.15) is 4.98 Å². The zero-order valence-corrected chi connectivity index (χ0v) is 10.4. The second kappa shape index (κ2) is 5.96. The summed E-state index contributed by atoms with van der Waals surface area (Å²) in [7, 11) is 0. The first kappa shape index (κ1) is 13.1. The Bertz CT molecular complexity index is 310. The quantitative estimate of drug-likeness (QED) is 0.800. The van der Waals surface area contributed by atoms with Gasteiger partial charge < -0.3 is 15.0 Å². The molecular weight excluding hydrogens is 206 g/mol. The van der Waals surface area contributed by atoms with Crippen molar-refractivity contribution in [2.24, 2.45) is 11.7 Å². The number of hydrogen-bond acceptors (Lipinski definition) is 5. The molecule has 0 bridgehead atoms. The van der Waals surface area contributed by atoms with Crippen LogP contribution in [-0.2, 0) is 11.2 Å². The van der Waals surface area contributed by atoms with Crippen LogP contribution in [0.3, 0.4) is 0 Å². The van der Waals surface area contributed by atoms with Crippen LogP contribution in [0.1, 0.15) is 45.5 Å². The van der Waals surface area contributed by atoms with Crippen LogP contribution in [0.5, 0.6) is 0 Å². The third kappa shape index (κ3) is 4.28. The molecule has 1 atom stereocenters. The molecule has 1 aromatic heterocycles. The van der Waals surface area contributed by atoms with Crippen LogP contribution in [-0.4, -0.2) is 22.9 Å². The number of aromatic nitrogens is 2. The van der Waals surface area contributed by atoms with Gasteiger partial charge in [-0.15, -0.1) is 0 Å². The van der Waals surface area contributed by atoms with Crippen molar-refractivity contribution in [3.8, 4) is 0 Å². The Labute approximate surface area is 96.4 Å². The maximum atomic E-state index is 5.88. The van der Waals surface area contributed by atoms with Crippen LogP contribution in [0.25, 0.3) is 0 Å². The zero-order chi connectivity index (χ0) is 12.1. The van der Waals surface area contributed by atoms with E-state index in [2.05, 4.69) is 24.0 Å². The first-order chi connectivity index (χ1) is 7.49. The van der Waals surface area contributed by atoms with Crippen molar-refractivity contribution in [2.45, 2.75) is 46.3 Å². The first-order valence-corrected chi connectivity index (χ1v) is 5.68. The summed E-state index contributed by atoms with van der Waals surface area (Å²) in [6, 6.07) is -0.313. The predicted molar refractivity (Wildman–Crippen MR) is 60.9 cm³/mol. The molecule has 16 heavy (non-hydrogen) atoms. The molecule has 0 radical (unpaired) electrons. The second-order valence-corrected chi connectivity index (χ2v) is 4.63. The number of rotatable bonds is 6. The van der Waals surface area contributed by atoms with Crippen LogP contribution in [0.15, 0.2) is 4.52 Å². The third-order valence-corrected chi connectivity index (χ3v) is 2.01. The maximum absolute atomic E-state index is 5.88. The molecule has 1 heterocycles. The number of nitrogens with zero attached hydrogens (tertiary/aromatic N) is 2. The molecule has 5 nitrogen and oxygen atoms in total. The largest absolute Gasteiger partial charge is 0.377 e. The van der Waals surface area contributed by atoms with Crippen LogP contribution in [0.4, 0.5) is 0 Å². The minimum Gasteiger partial charge on any atom is -0.377 e. The summed E-state index contributed by atoms with van der Waals surface area (Å²) in [5.74, 6) is 1.66. The highest BCUT2D eigenvalue weighted by atomic mass is 16.5. The van der Waals surface area contributed by atoms with E-state index in [-0.39, 0.29) is 12.1 Å². The Kier molecular flexibility index (Phi) is 4.89. The lowest BCUT2D eigenvalue weighted by molar-refractivity contribution is 0.0665.